The Morgan fingerprint density at radius 1 is 0.456 bits per heavy atom. The van der Waals surface area contributed by atoms with Crippen LogP contribution in [0.15, 0.2) is 48.5 Å². The summed E-state index contributed by atoms with van der Waals surface area (Å²) < 4.78 is 17.0. The first-order valence-corrected chi connectivity index (χ1v) is 53.9. The number of nitrogens with two attached hydrogens (primary N) is 1. The number of nitrogens with zero attached hydrogens (tertiary/aromatic N) is 10. The van der Waals surface area contributed by atoms with Crippen LogP contribution in [0.3, 0.4) is 0 Å². The van der Waals surface area contributed by atoms with Crippen molar-refractivity contribution in [3.05, 3.63) is 70.8 Å². The Morgan fingerprint density at radius 3 is 1.32 bits per heavy atom. The topological polar surface area (TPSA) is 681 Å². The van der Waals surface area contributed by atoms with Crippen molar-refractivity contribution in [2.24, 2.45) is 5.73 Å². The average molecular weight is 2160 g/mol. The van der Waals surface area contributed by atoms with Gasteiger partial charge >= 0.3 is 41.8 Å². The fourth-order valence-electron chi connectivity index (χ4n) is 17.4. The number of carboxylic acid groups (broad SMARTS) is 7. The van der Waals surface area contributed by atoms with Gasteiger partial charge in [0, 0.05) is 211 Å². The fraction of sp³-hybridized carbons (Fsp3) is 0.677. The number of amides is 12. The first-order chi connectivity index (χ1) is 71.3. The van der Waals surface area contributed by atoms with Crippen LogP contribution in [0.25, 0.3) is 0 Å². The van der Waals surface area contributed by atoms with Crippen molar-refractivity contribution in [2.45, 2.75) is 169 Å². The van der Waals surface area contributed by atoms with Crippen molar-refractivity contribution in [1.29, 1.82) is 0 Å². The van der Waals surface area contributed by atoms with E-state index in [1.807, 2.05) is 23.1 Å². The van der Waals surface area contributed by atoms with Crippen LogP contribution in [-0.2, 0) is 129 Å². The van der Waals surface area contributed by atoms with Crippen molar-refractivity contribution in [3.63, 3.8) is 0 Å². The number of aliphatic hydroxyl groups excluding tert-OH is 1. The lowest BCUT2D eigenvalue weighted by Gasteiger charge is -2.34. The van der Waals surface area contributed by atoms with Crippen molar-refractivity contribution in [3.8, 4) is 0 Å². The molecule has 5 aliphatic rings. The molecule has 9 atom stereocenters. The van der Waals surface area contributed by atoms with Crippen molar-refractivity contribution >= 4 is 148 Å². The Hall–Kier alpha value is -11.1. The lowest BCUT2D eigenvalue weighted by Crippen LogP contribution is -2.61. The molecule has 0 aromatic heterocycles. The standard InChI is InChI=1S/C96H150N20O30S3/c1-3-11-70(101-79(120)19-18-78(119)98-20-9-41-144-43-45-146-46-44-145-42-10-21-99-80(121)52-107-25-29-109(54-82(123)124)33-37-113(58-86(131)132)38-34-110(30-26-107)55-83(125)126)89(135)104-73-63-148-61-68-48-67(60-147-47-22-100-81(122)53-108-27-31-111(56-84(127)128)35-39-114(59-87(133)134)40-36-112(32-28-108)57-85(129)130)49-69(50-68)62-149-64-74(96(142)143)105-91(137)72(51-66-12-5-4-6-13-66)103-90(136)71(16-17-77(97)118)102-93(139)88(65(2)117)106-92(138)75-14-7-23-115(75)95(141)76-15-8-24-116(76)94(73)140/h4-6,12-13,48-50,65,70-76,88,117H,3,7-11,14-47,51-64H2,1-2H3,(H2,97,118)(H,98,119)(H,99,121)(H,100,122)(H,101,120)(H,102,139)(H,103,136)(H,104,135)(H,105,137)(H,106,138)(H,123,124)(H,125,126)(H,127,128)(H,129,130)(H,131,132)(H,133,134)(H,142,143)/t65-,70?,71+,72+,73+,74+,75+,76+,88+/m1/s1. The normalized spacial score (nSPS) is 21.3. The van der Waals surface area contributed by atoms with Gasteiger partial charge in [0.1, 0.15) is 48.3 Å². The predicted octanol–water partition coefficient (Wildman–Crippen LogP) is -5.03. The van der Waals surface area contributed by atoms with Crippen LogP contribution in [0.1, 0.15) is 113 Å². The number of nitrogens with one attached hydrogen (secondary N) is 9. The van der Waals surface area contributed by atoms with Crippen LogP contribution in [0.4, 0.5) is 0 Å². The van der Waals surface area contributed by atoms with Gasteiger partial charge in [0.05, 0.1) is 84.9 Å². The molecule has 0 radical (unpaired) electrons. The second-order valence-corrected chi connectivity index (χ2v) is 40.4. The predicted molar refractivity (Wildman–Crippen MR) is 546 cm³/mol. The highest BCUT2D eigenvalue weighted by Gasteiger charge is 2.46. The maximum atomic E-state index is 15.5. The van der Waals surface area contributed by atoms with E-state index in [1.54, 1.807) is 71.6 Å². The van der Waals surface area contributed by atoms with E-state index >= 15 is 9.59 Å². The average Bonchev–Trinajstić information content (AvgIpc) is 1.64. The number of carbonyl (C=O) groups excluding carboxylic acids is 12. The number of hydrogen-bond donors (Lipinski definition) is 18. The van der Waals surface area contributed by atoms with Gasteiger partial charge in [0.15, 0.2) is 0 Å². The van der Waals surface area contributed by atoms with E-state index in [2.05, 4.69) is 47.9 Å². The first-order valence-electron chi connectivity index (χ1n) is 50.4. The zero-order valence-corrected chi connectivity index (χ0v) is 87.3. The molecule has 149 heavy (non-hydrogen) atoms. The third-order valence-electron chi connectivity index (χ3n) is 25.1. The van der Waals surface area contributed by atoms with E-state index in [-0.39, 0.29) is 283 Å². The maximum absolute atomic E-state index is 15.5. The summed E-state index contributed by atoms with van der Waals surface area (Å²) in [4.78, 5) is 270. The molecule has 0 spiro atoms. The Morgan fingerprint density at radius 2 is 0.872 bits per heavy atom. The molecule has 2 bridgehead atoms. The first kappa shape index (κ1) is 125. The molecule has 5 heterocycles. The number of hydrogen-bond acceptors (Lipinski definition) is 34. The summed E-state index contributed by atoms with van der Waals surface area (Å²) >= 11 is 3.83. The Bertz CT molecular complexity index is 4640. The molecule has 2 aromatic carbocycles. The second kappa shape index (κ2) is 68.7. The van der Waals surface area contributed by atoms with Gasteiger partial charge in [-0.1, -0.05) is 61.9 Å². The molecule has 4 saturated heterocycles. The second-order valence-electron chi connectivity index (χ2n) is 37.2. The molecule has 50 nitrogen and oxygen atoms in total. The number of thioether (sulfide) groups is 3. The summed E-state index contributed by atoms with van der Waals surface area (Å²) in [7, 11) is 0. The summed E-state index contributed by atoms with van der Waals surface area (Å²) in [5, 5.41) is 104. The molecule has 0 saturated carbocycles. The number of carbonyl (C=O) groups is 19. The zero-order valence-electron chi connectivity index (χ0n) is 84.8. The Balaban J connectivity index is 1.00. The SMILES string of the molecule is CCCC(NC(=O)CCC(=O)NCCCOCCOCCOCCCNC(=O)CN1CCN(CC(=O)O)CCN(CC(=O)O)CCN(CC(=O)O)CC1)C(=O)N[C@H]1CSCc2cc(CSCCNC(=O)CN3CCN(CC(=O)O)CCN(CC(=O)O)CCN(CC(=O)O)CC3)cc(c2)CSC[C@@H](C(=O)O)NC(=O)[C@H](Cc2ccccc2)NC(=O)[C@H](CCC(N)=O)NC(=O)[C@H]([C@@H](C)O)NC(=O)[C@@H]2CCCN2C(=O)[C@@H]2CCCN2C1=O. The van der Waals surface area contributed by atoms with Gasteiger partial charge < -0.3 is 118 Å². The molecular formula is C96H150N20O30S3. The van der Waals surface area contributed by atoms with Crippen LogP contribution in [0.5, 0.6) is 0 Å². The number of aliphatic carboxylic acids is 7. The minimum absolute atomic E-state index is 0.0213. The highest BCUT2D eigenvalue weighted by Crippen LogP contribution is 2.29. The van der Waals surface area contributed by atoms with E-state index < -0.39 is 168 Å². The molecule has 832 valence electrons. The zero-order chi connectivity index (χ0) is 109. The largest absolute Gasteiger partial charge is 0.480 e. The molecule has 12 amide bonds. The molecule has 4 fully saturated rings. The summed E-state index contributed by atoms with van der Waals surface area (Å²) in [5.41, 5.74) is 8.22. The third-order valence-corrected chi connectivity index (χ3v) is 28.4. The molecule has 1 unspecified atom stereocenters. The number of rotatable bonds is 50. The summed E-state index contributed by atoms with van der Waals surface area (Å²) in [6.45, 7) is 6.81. The molecule has 7 rings (SSSR count). The van der Waals surface area contributed by atoms with Crippen LogP contribution in [-0.4, -0.2) is 504 Å². The van der Waals surface area contributed by atoms with Gasteiger partial charge in [-0.15, -0.1) is 0 Å². The van der Waals surface area contributed by atoms with E-state index in [4.69, 9.17) is 19.9 Å². The van der Waals surface area contributed by atoms with Gasteiger partial charge in [-0.25, -0.2) is 4.79 Å². The van der Waals surface area contributed by atoms with Crippen LogP contribution < -0.4 is 53.6 Å². The minimum atomic E-state index is -1.80. The van der Waals surface area contributed by atoms with Crippen LogP contribution >= 0.6 is 35.3 Å². The van der Waals surface area contributed by atoms with E-state index in [9.17, 15) is 122 Å². The number of fused-ring (bicyclic) bond motifs is 4. The molecule has 5 aliphatic heterocycles. The van der Waals surface area contributed by atoms with E-state index in [0.717, 1.165) is 17.3 Å². The molecule has 0 aliphatic carbocycles. The smallest absolute Gasteiger partial charge is 0.327 e. The van der Waals surface area contributed by atoms with Crippen LogP contribution in [0.2, 0.25) is 0 Å². The Kier molecular flexibility index (Phi) is 57.6. The van der Waals surface area contributed by atoms with Crippen molar-refractivity contribution in [1.82, 2.24) is 96.9 Å². The monoisotopic (exact) mass is 2160 g/mol. The number of primary amides is 1. The summed E-state index contributed by atoms with van der Waals surface area (Å²) in [6.07, 6.45) is -1.28. The highest BCUT2D eigenvalue weighted by atomic mass is 32.2. The summed E-state index contributed by atoms with van der Waals surface area (Å²) in [6, 6.07) is 2.42. The van der Waals surface area contributed by atoms with Crippen molar-refractivity contribution < 1.29 is 146 Å². The number of carboxylic acids is 7. The number of aliphatic hydroxyl groups is 1. The molecule has 53 heteroatoms. The minimum Gasteiger partial charge on any atom is -0.480 e. The third kappa shape index (κ3) is 49.7. The highest BCUT2D eigenvalue weighted by molar-refractivity contribution is 7.99. The van der Waals surface area contributed by atoms with Gasteiger partial charge in [-0.3, -0.25) is 126 Å². The van der Waals surface area contributed by atoms with Crippen LogP contribution in [0, 0.1) is 0 Å². The quantitative estimate of drug-likeness (QED) is 0.0276. The summed E-state index contributed by atoms with van der Waals surface area (Å²) in [5.74, 6) is -16.0. The molecule has 19 N–H and O–H groups in total. The number of benzene rings is 2. The van der Waals surface area contributed by atoms with Crippen molar-refractivity contribution in [2.75, 3.05) is 247 Å². The molecule has 2 aromatic rings. The van der Waals surface area contributed by atoms with Gasteiger partial charge in [0.25, 0.3) is 0 Å². The van der Waals surface area contributed by atoms with E-state index in [0.29, 0.717) is 80.1 Å². The fourth-order valence-corrected chi connectivity index (χ4v) is 20.1. The molecular weight excluding hydrogens is 2010 g/mol. The van der Waals surface area contributed by atoms with E-state index in [1.165, 1.54) is 40.2 Å². The van der Waals surface area contributed by atoms with Gasteiger partial charge in [-0.05, 0) is 80.5 Å². The lowest BCUT2D eigenvalue weighted by molar-refractivity contribution is -0.148. The van der Waals surface area contributed by atoms with Gasteiger partial charge in [0.2, 0.25) is 70.9 Å². The maximum Gasteiger partial charge on any atom is 0.327 e. The Labute approximate surface area is 878 Å². The van der Waals surface area contributed by atoms with Gasteiger partial charge in [-0.2, -0.15) is 35.3 Å². The number of ether oxygens (including phenoxy) is 3. The lowest BCUT2D eigenvalue weighted by atomic mass is 10.0.